The van der Waals surface area contributed by atoms with E-state index in [0.717, 1.165) is 5.56 Å². The predicted molar refractivity (Wildman–Crippen MR) is 70.8 cm³/mol. The Bertz CT molecular complexity index is 551. The van der Waals surface area contributed by atoms with Crippen molar-refractivity contribution in [2.24, 2.45) is 4.99 Å². The topological polar surface area (TPSA) is 63.2 Å². The van der Waals surface area contributed by atoms with Gasteiger partial charge in [-0.1, -0.05) is 24.3 Å². The van der Waals surface area contributed by atoms with Crippen molar-refractivity contribution in [2.75, 3.05) is 6.61 Å². The number of aliphatic imine (C=N–C) groups is 1. The molecule has 0 unspecified atom stereocenters. The van der Waals surface area contributed by atoms with Gasteiger partial charge in [0.25, 0.3) is 0 Å². The van der Waals surface area contributed by atoms with Gasteiger partial charge in [0.1, 0.15) is 18.7 Å². The Hall–Kier alpha value is -2.14. The molecule has 0 bridgehead atoms. The van der Waals surface area contributed by atoms with Crippen LogP contribution in [0.2, 0.25) is 5.02 Å². The van der Waals surface area contributed by atoms with Gasteiger partial charge in [0.2, 0.25) is 5.95 Å². The smallest absolute Gasteiger partial charge is 0.245 e. The van der Waals surface area contributed by atoms with E-state index in [0.29, 0.717) is 23.3 Å². The first-order valence-corrected chi connectivity index (χ1v) is 5.60. The highest BCUT2D eigenvalue weighted by molar-refractivity contribution is 6.30. The largest absolute Gasteiger partial charge is 0.489 e. The molecule has 0 aliphatic heterocycles. The lowest BCUT2D eigenvalue weighted by Crippen LogP contribution is -1.96. The molecule has 0 aliphatic carbocycles. The average Bonchev–Trinajstić information content (AvgIpc) is 2.88. The summed E-state index contributed by atoms with van der Waals surface area (Å²) in [5.74, 6) is 1.10. The molecule has 0 aliphatic rings. The summed E-state index contributed by atoms with van der Waals surface area (Å²) in [6.45, 7) is 4.02. The highest BCUT2D eigenvalue weighted by Gasteiger charge is 2.02. The Kier molecular flexibility index (Phi) is 4.09. The fourth-order valence-corrected chi connectivity index (χ4v) is 1.47. The number of nitrogens with one attached hydrogen (secondary N) is 1. The second kappa shape index (κ2) is 5.97. The van der Waals surface area contributed by atoms with Gasteiger partial charge < -0.3 is 4.74 Å². The lowest BCUT2D eigenvalue weighted by molar-refractivity contribution is 0.363. The van der Waals surface area contributed by atoms with Crippen LogP contribution in [0.5, 0.6) is 5.75 Å². The maximum absolute atomic E-state index is 5.94. The Morgan fingerprint density at radius 2 is 2.39 bits per heavy atom. The molecule has 1 aromatic heterocycles. The molecule has 0 amide bonds. The molecule has 5 nitrogen and oxygen atoms in total. The fraction of sp³-hybridized carbons (Fsp3) is 0.0833. The number of hydrogen-bond donors (Lipinski definition) is 1. The standard InChI is InChI=1S/C12H11ClN4O/c1-2-5-18-11-4-3-10(13)6-9(11)7-14-12-15-8-16-17-12/h2-4,6-8H,1,5H2,(H,15,16,17)/b14-7+. The number of aromatic amines is 1. The van der Waals surface area contributed by atoms with Gasteiger partial charge in [-0.3, -0.25) is 0 Å². The molecular formula is C12H11ClN4O. The zero-order valence-corrected chi connectivity index (χ0v) is 10.3. The highest BCUT2D eigenvalue weighted by atomic mass is 35.5. The summed E-state index contributed by atoms with van der Waals surface area (Å²) in [5, 5.41) is 6.95. The van der Waals surface area contributed by atoms with Crippen molar-refractivity contribution in [1.29, 1.82) is 0 Å². The van der Waals surface area contributed by atoms with E-state index in [1.165, 1.54) is 6.33 Å². The minimum absolute atomic E-state index is 0.421. The molecule has 1 heterocycles. The fourth-order valence-electron chi connectivity index (χ4n) is 1.29. The van der Waals surface area contributed by atoms with Crippen molar-refractivity contribution in [2.45, 2.75) is 0 Å². The number of H-pyrrole nitrogens is 1. The number of benzene rings is 1. The van der Waals surface area contributed by atoms with Crippen molar-refractivity contribution >= 4 is 23.8 Å². The number of aromatic nitrogens is 3. The molecule has 2 rings (SSSR count). The van der Waals surface area contributed by atoms with Crippen molar-refractivity contribution in [3.8, 4) is 5.75 Å². The zero-order valence-electron chi connectivity index (χ0n) is 9.51. The van der Waals surface area contributed by atoms with Crippen LogP contribution in [0.4, 0.5) is 5.95 Å². The van der Waals surface area contributed by atoms with Crippen LogP contribution in [0.15, 0.2) is 42.2 Å². The normalized spacial score (nSPS) is 10.7. The van der Waals surface area contributed by atoms with Crippen LogP contribution >= 0.6 is 11.6 Å². The maximum Gasteiger partial charge on any atom is 0.245 e. The number of halogens is 1. The first-order valence-electron chi connectivity index (χ1n) is 5.22. The number of ether oxygens (including phenoxy) is 1. The van der Waals surface area contributed by atoms with Crippen molar-refractivity contribution in [3.63, 3.8) is 0 Å². The molecular weight excluding hydrogens is 252 g/mol. The van der Waals surface area contributed by atoms with Crippen molar-refractivity contribution in [3.05, 3.63) is 47.8 Å². The first kappa shape index (κ1) is 12.3. The van der Waals surface area contributed by atoms with Crippen LogP contribution in [-0.4, -0.2) is 28.0 Å². The van der Waals surface area contributed by atoms with E-state index in [1.54, 1.807) is 30.5 Å². The molecule has 1 aromatic carbocycles. The SMILES string of the molecule is C=CCOc1ccc(Cl)cc1/C=N/c1ncn[nH]1. The van der Waals surface area contributed by atoms with E-state index < -0.39 is 0 Å². The van der Waals surface area contributed by atoms with E-state index in [-0.39, 0.29) is 0 Å². The summed E-state index contributed by atoms with van der Waals surface area (Å²) < 4.78 is 5.50. The van der Waals surface area contributed by atoms with Gasteiger partial charge in [0.15, 0.2) is 0 Å². The molecule has 18 heavy (non-hydrogen) atoms. The lowest BCUT2D eigenvalue weighted by Gasteiger charge is -2.06. The lowest BCUT2D eigenvalue weighted by atomic mass is 10.2. The highest BCUT2D eigenvalue weighted by Crippen LogP contribution is 2.22. The molecule has 92 valence electrons. The van der Waals surface area contributed by atoms with Gasteiger partial charge in [-0.05, 0) is 18.2 Å². The van der Waals surface area contributed by atoms with Crippen LogP contribution in [0.25, 0.3) is 0 Å². The quantitative estimate of drug-likeness (QED) is 0.666. The third-order valence-electron chi connectivity index (χ3n) is 2.06. The van der Waals surface area contributed by atoms with E-state index in [4.69, 9.17) is 16.3 Å². The third-order valence-corrected chi connectivity index (χ3v) is 2.29. The Labute approximate surface area is 109 Å². The third kappa shape index (κ3) is 3.18. The van der Waals surface area contributed by atoms with Crippen LogP contribution in [0.3, 0.4) is 0 Å². The van der Waals surface area contributed by atoms with Gasteiger partial charge in [0.05, 0.1) is 0 Å². The van der Waals surface area contributed by atoms with Gasteiger partial charge in [-0.2, -0.15) is 10.1 Å². The minimum atomic E-state index is 0.421. The summed E-state index contributed by atoms with van der Waals surface area (Å²) in [4.78, 5) is 8.02. The molecule has 1 N–H and O–H groups in total. The molecule has 0 radical (unpaired) electrons. The van der Waals surface area contributed by atoms with Gasteiger partial charge in [-0.25, -0.2) is 10.1 Å². The van der Waals surface area contributed by atoms with Crippen LogP contribution in [0.1, 0.15) is 5.56 Å². The molecule has 2 aromatic rings. The van der Waals surface area contributed by atoms with Crippen LogP contribution in [0, 0.1) is 0 Å². The zero-order chi connectivity index (χ0) is 12.8. The summed E-state index contributed by atoms with van der Waals surface area (Å²) in [6, 6.07) is 5.30. The number of rotatable bonds is 5. The monoisotopic (exact) mass is 262 g/mol. The molecule has 0 fully saturated rings. The first-order chi connectivity index (χ1) is 8.79. The van der Waals surface area contributed by atoms with Crippen molar-refractivity contribution < 1.29 is 4.74 Å². The van der Waals surface area contributed by atoms with Crippen LogP contribution < -0.4 is 4.74 Å². The summed E-state index contributed by atoms with van der Waals surface area (Å²) in [5.41, 5.74) is 0.765. The van der Waals surface area contributed by atoms with Gasteiger partial charge >= 0.3 is 0 Å². The second-order valence-corrected chi connectivity index (χ2v) is 3.79. The molecule has 0 saturated carbocycles. The molecule has 0 saturated heterocycles. The average molecular weight is 263 g/mol. The Morgan fingerprint density at radius 3 is 3.11 bits per heavy atom. The van der Waals surface area contributed by atoms with E-state index in [2.05, 4.69) is 26.8 Å². The number of nitrogens with zero attached hydrogens (tertiary/aromatic N) is 3. The van der Waals surface area contributed by atoms with E-state index in [9.17, 15) is 0 Å². The van der Waals surface area contributed by atoms with E-state index in [1.807, 2.05) is 0 Å². The second-order valence-electron chi connectivity index (χ2n) is 3.35. The van der Waals surface area contributed by atoms with E-state index >= 15 is 0 Å². The maximum atomic E-state index is 5.94. The van der Waals surface area contributed by atoms with Crippen LogP contribution in [-0.2, 0) is 0 Å². The Balaban J connectivity index is 2.24. The molecule has 0 atom stereocenters. The molecule has 0 spiro atoms. The summed E-state index contributed by atoms with van der Waals surface area (Å²) in [6.07, 6.45) is 4.68. The Morgan fingerprint density at radius 1 is 1.50 bits per heavy atom. The van der Waals surface area contributed by atoms with Crippen molar-refractivity contribution in [1.82, 2.24) is 15.2 Å². The summed E-state index contributed by atoms with van der Waals surface area (Å²) in [7, 11) is 0. The predicted octanol–water partition coefficient (Wildman–Crippen LogP) is 2.77. The minimum Gasteiger partial charge on any atom is -0.489 e. The number of hydrogen-bond acceptors (Lipinski definition) is 4. The summed E-state index contributed by atoms with van der Waals surface area (Å²) >= 11 is 5.94. The molecule has 6 heteroatoms. The van der Waals surface area contributed by atoms with Gasteiger partial charge in [0, 0.05) is 16.8 Å². The van der Waals surface area contributed by atoms with Gasteiger partial charge in [-0.15, -0.1) is 0 Å².